The van der Waals surface area contributed by atoms with Crippen molar-refractivity contribution >= 4 is 12.2 Å². The lowest BCUT2D eigenvalue weighted by molar-refractivity contribution is -0.277. The fourth-order valence-electron chi connectivity index (χ4n) is 7.13. The molecule has 9 heteroatoms. The van der Waals surface area contributed by atoms with Crippen LogP contribution in [0.5, 0.6) is 0 Å². The van der Waals surface area contributed by atoms with Crippen LogP contribution in [0.4, 0.5) is 35.1 Å². The lowest BCUT2D eigenvalue weighted by Crippen LogP contribution is -2.29. The second kappa shape index (κ2) is 15.3. The highest BCUT2D eigenvalue weighted by atomic mass is 19.3. The van der Waals surface area contributed by atoms with E-state index in [1.54, 1.807) is 6.07 Å². The zero-order chi connectivity index (χ0) is 33.7. The van der Waals surface area contributed by atoms with Gasteiger partial charge in [-0.2, -0.15) is 8.78 Å². The average molecular weight is 665 g/mol. The second-order valence-electron chi connectivity index (χ2n) is 13.1. The molecule has 5 rings (SSSR count). The molecular weight excluding hydrogens is 624 g/mol. The standard InChI is InChI=1S/C38H40F8O/c1-2-3-4-5-23-6-9-25(10-7-23)27-13-17-30(32(39)20-27)26-11-14-29(15-12-26)47-38(45,46)28-21-33(40)31(34(41)22-28)16-8-24-18-35(42)37(44)36(43)19-24/h8,13,16-23,25-26,29H,2-7,9-12,14-15H2,1H3. The third-order valence-electron chi connectivity index (χ3n) is 9.85. The lowest BCUT2D eigenvalue weighted by Gasteiger charge is -2.32. The minimum absolute atomic E-state index is 0.143. The van der Waals surface area contributed by atoms with Crippen molar-refractivity contribution in [3.63, 3.8) is 0 Å². The summed E-state index contributed by atoms with van der Waals surface area (Å²) in [7, 11) is 0. The quantitative estimate of drug-likeness (QED) is 0.0858. The number of rotatable bonds is 11. The van der Waals surface area contributed by atoms with Crippen molar-refractivity contribution in [3.8, 4) is 0 Å². The molecule has 3 aromatic rings. The molecule has 254 valence electrons. The van der Waals surface area contributed by atoms with Crippen molar-refractivity contribution in [3.05, 3.63) is 105 Å². The zero-order valence-electron chi connectivity index (χ0n) is 26.4. The fourth-order valence-corrected chi connectivity index (χ4v) is 7.13. The third kappa shape index (κ3) is 8.64. The number of unbranched alkanes of at least 4 members (excludes halogenated alkanes) is 2. The van der Waals surface area contributed by atoms with Crippen LogP contribution in [0, 0.1) is 40.8 Å². The highest BCUT2D eigenvalue weighted by Crippen LogP contribution is 2.42. The first-order chi connectivity index (χ1) is 22.4. The molecule has 1 nitrogen and oxygen atoms in total. The molecule has 0 atom stereocenters. The van der Waals surface area contributed by atoms with Gasteiger partial charge in [-0.05, 0) is 122 Å². The van der Waals surface area contributed by atoms with Gasteiger partial charge in [0.2, 0.25) is 0 Å². The summed E-state index contributed by atoms with van der Waals surface area (Å²) in [5.41, 5.74) is -0.374. The van der Waals surface area contributed by atoms with E-state index >= 15 is 13.2 Å². The van der Waals surface area contributed by atoms with E-state index < -0.39 is 52.4 Å². The Balaban J connectivity index is 1.16. The van der Waals surface area contributed by atoms with E-state index in [1.165, 1.54) is 38.5 Å². The van der Waals surface area contributed by atoms with Gasteiger partial charge in [-0.3, -0.25) is 0 Å². The van der Waals surface area contributed by atoms with Gasteiger partial charge in [0.05, 0.1) is 11.7 Å². The van der Waals surface area contributed by atoms with Crippen LogP contribution in [0.15, 0.2) is 42.5 Å². The Labute approximate surface area is 271 Å². The summed E-state index contributed by atoms with van der Waals surface area (Å²) in [6.45, 7) is 2.21. The van der Waals surface area contributed by atoms with E-state index in [1.807, 2.05) is 12.1 Å². The monoisotopic (exact) mass is 664 g/mol. The summed E-state index contributed by atoms with van der Waals surface area (Å²) in [4.78, 5) is 0. The molecule has 0 heterocycles. The van der Waals surface area contributed by atoms with E-state index in [0.29, 0.717) is 48.6 Å². The number of benzene rings is 3. The largest absolute Gasteiger partial charge is 0.383 e. The van der Waals surface area contributed by atoms with Gasteiger partial charge in [0.15, 0.2) is 17.5 Å². The van der Waals surface area contributed by atoms with Gasteiger partial charge in [0, 0.05) is 5.56 Å². The first-order valence-corrected chi connectivity index (χ1v) is 16.6. The van der Waals surface area contributed by atoms with E-state index in [-0.39, 0.29) is 30.1 Å². The molecule has 2 fully saturated rings. The molecule has 2 aliphatic carbocycles. The summed E-state index contributed by atoms with van der Waals surface area (Å²) in [5.74, 6) is -6.65. The number of hydrogen-bond acceptors (Lipinski definition) is 1. The molecule has 2 aliphatic rings. The summed E-state index contributed by atoms with van der Waals surface area (Å²) < 4.78 is 120. The molecule has 0 radical (unpaired) electrons. The van der Waals surface area contributed by atoms with Crippen LogP contribution in [0.25, 0.3) is 12.2 Å². The van der Waals surface area contributed by atoms with Crippen molar-refractivity contribution in [2.75, 3.05) is 0 Å². The second-order valence-corrected chi connectivity index (χ2v) is 13.1. The number of alkyl halides is 2. The Morgan fingerprint density at radius 1 is 0.681 bits per heavy atom. The van der Waals surface area contributed by atoms with Gasteiger partial charge in [0.1, 0.15) is 17.5 Å². The molecule has 0 amide bonds. The van der Waals surface area contributed by atoms with E-state index in [0.717, 1.165) is 36.5 Å². The summed E-state index contributed by atoms with van der Waals surface area (Å²) in [5, 5.41) is 0. The summed E-state index contributed by atoms with van der Waals surface area (Å²) >= 11 is 0. The molecule has 0 N–H and O–H groups in total. The van der Waals surface area contributed by atoms with Crippen LogP contribution < -0.4 is 0 Å². The van der Waals surface area contributed by atoms with Crippen molar-refractivity contribution < 1.29 is 39.9 Å². The third-order valence-corrected chi connectivity index (χ3v) is 9.85. The molecule has 0 bridgehead atoms. The van der Waals surface area contributed by atoms with Crippen molar-refractivity contribution in [2.45, 2.75) is 108 Å². The highest BCUT2D eigenvalue weighted by molar-refractivity contribution is 5.70. The number of hydrogen-bond donors (Lipinski definition) is 0. The molecular formula is C38H40F8O. The summed E-state index contributed by atoms with van der Waals surface area (Å²) in [6.07, 6.45) is 7.66. The highest BCUT2D eigenvalue weighted by Gasteiger charge is 2.39. The van der Waals surface area contributed by atoms with E-state index in [2.05, 4.69) is 6.92 Å². The normalized spacial score (nSPS) is 22.2. The van der Waals surface area contributed by atoms with E-state index in [9.17, 15) is 22.0 Å². The molecule has 3 aromatic carbocycles. The lowest BCUT2D eigenvalue weighted by atomic mass is 9.76. The van der Waals surface area contributed by atoms with Gasteiger partial charge in [-0.25, -0.2) is 26.3 Å². The number of ether oxygens (including phenoxy) is 1. The Bertz CT molecular complexity index is 1510. The number of halogens is 8. The molecule has 2 saturated carbocycles. The zero-order valence-corrected chi connectivity index (χ0v) is 26.4. The minimum atomic E-state index is -4.01. The predicted molar refractivity (Wildman–Crippen MR) is 167 cm³/mol. The predicted octanol–water partition coefficient (Wildman–Crippen LogP) is 12.3. The van der Waals surface area contributed by atoms with Crippen LogP contribution in [-0.2, 0) is 10.8 Å². The molecule has 0 spiro atoms. The van der Waals surface area contributed by atoms with Crippen LogP contribution in [-0.4, -0.2) is 6.10 Å². The van der Waals surface area contributed by atoms with Gasteiger partial charge < -0.3 is 4.74 Å². The Morgan fingerprint density at radius 3 is 1.89 bits per heavy atom. The van der Waals surface area contributed by atoms with Crippen LogP contribution in [0.2, 0.25) is 0 Å². The van der Waals surface area contributed by atoms with Gasteiger partial charge in [-0.15, -0.1) is 0 Å². The smallest absolute Gasteiger partial charge is 0.313 e. The molecule has 0 unspecified atom stereocenters. The topological polar surface area (TPSA) is 9.23 Å². The molecule has 0 saturated heterocycles. The maximum atomic E-state index is 15.3. The maximum absolute atomic E-state index is 15.3. The Kier molecular flexibility index (Phi) is 11.5. The van der Waals surface area contributed by atoms with Crippen LogP contribution in [0.3, 0.4) is 0 Å². The Hall–Kier alpha value is -3.20. The Morgan fingerprint density at radius 2 is 1.30 bits per heavy atom. The summed E-state index contributed by atoms with van der Waals surface area (Å²) in [6, 6.07) is 7.62. The maximum Gasteiger partial charge on any atom is 0.383 e. The van der Waals surface area contributed by atoms with Crippen LogP contribution >= 0.6 is 0 Å². The minimum Gasteiger partial charge on any atom is -0.313 e. The van der Waals surface area contributed by atoms with E-state index in [4.69, 9.17) is 4.74 Å². The van der Waals surface area contributed by atoms with Crippen LogP contribution in [0.1, 0.15) is 124 Å². The molecule has 0 aliphatic heterocycles. The first-order valence-electron chi connectivity index (χ1n) is 16.6. The average Bonchev–Trinajstić information content (AvgIpc) is 3.04. The SMILES string of the molecule is CCCCCC1CCC(c2ccc(C3CCC(OC(F)(F)c4cc(F)c(C=Cc5cc(F)c(F)c(F)c5)c(F)c4)CC3)c(F)c2)CC1. The first kappa shape index (κ1) is 35.1. The fraction of sp³-hybridized carbons (Fsp3) is 0.474. The van der Waals surface area contributed by atoms with Gasteiger partial charge in [-0.1, -0.05) is 50.8 Å². The molecule has 0 aromatic heterocycles. The van der Waals surface area contributed by atoms with Gasteiger partial charge in [0.25, 0.3) is 0 Å². The van der Waals surface area contributed by atoms with Crippen molar-refractivity contribution in [2.24, 2.45) is 5.92 Å². The van der Waals surface area contributed by atoms with Crippen molar-refractivity contribution in [1.82, 2.24) is 0 Å². The van der Waals surface area contributed by atoms with Crippen molar-refractivity contribution in [1.29, 1.82) is 0 Å². The van der Waals surface area contributed by atoms with Gasteiger partial charge >= 0.3 is 6.11 Å². The molecule has 47 heavy (non-hydrogen) atoms.